The summed E-state index contributed by atoms with van der Waals surface area (Å²) in [5.41, 5.74) is 2.77. The Kier molecular flexibility index (Phi) is 4.83. The number of alkyl halides is 1. The molecule has 0 saturated heterocycles. The lowest BCUT2D eigenvalue weighted by atomic mass is 9.83. The van der Waals surface area contributed by atoms with E-state index in [-0.39, 0.29) is 11.8 Å². The van der Waals surface area contributed by atoms with Crippen molar-refractivity contribution in [1.29, 1.82) is 0 Å². The van der Waals surface area contributed by atoms with E-state index in [1.54, 1.807) is 0 Å². The number of halogens is 1. The van der Waals surface area contributed by atoms with Crippen LogP contribution in [0, 0.1) is 5.92 Å². The summed E-state index contributed by atoms with van der Waals surface area (Å²) in [7, 11) is 0. The van der Waals surface area contributed by atoms with Crippen LogP contribution in [-0.2, 0) is 17.6 Å². The summed E-state index contributed by atoms with van der Waals surface area (Å²) < 4.78 is 1.10. The van der Waals surface area contributed by atoms with Gasteiger partial charge in [0.15, 0.2) is 0 Å². The molecule has 0 aromatic heterocycles. The largest absolute Gasteiger partial charge is 0.356 e. The van der Waals surface area contributed by atoms with Crippen LogP contribution in [0.25, 0.3) is 0 Å². The predicted octanol–water partition coefficient (Wildman–Crippen LogP) is 2.73. The van der Waals surface area contributed by atoms with Gasteiger partial charge in [-0.2, -0.15) is 0 Å². The molecule has 2 nitrogen and oxygen atoms in total. The number of amides is 1. The summed E-state index contributed by atoms with van der Waals surface area (Å²) in [5.74, 6) is 0.420. The van der Waals surface area contributed by atoms with Gasteiger partial charge in [0, 0.05) is 16.9 Å². The zero-order valence-electron chi connectivity index (χ0n) is 9.92. The molecule has 1 aliphatic rings. The third-order valence-corrected chi connectivity index (χ3v) is 4.09. The van der Waals surface area contributed by atoms with E-state index < -0.39 is 0 Å². The molecule has 17 heavy (non-hydrogen) atoms. The zero-order valence-corrected chi connectivity index (χ0v) is 12.1. The quantitative estimate of drug-likeness (QED) is 0.508. The maximum Gasteiger partial charge on any atom is 0.223 e. The first kappa shape index (κ1) is 12.9. The molecule has 1 amide bonds. The lowest BCUT2D eigenvalue weighted by Crippen LogP contribution is -2.34. The summed E-state index contributed by atoms with van der Waals surface area (Å²) in [4.78, 5) is 12.0. The average molecular weight is 343 g/mol. The minimum atomic E-state index is 0.180. The van der Waals surface area contributed by atoms with Crippen LogP contribution >= 0.6 is 22.6 Å². The fourth-order valence-corrected chi connectivity index (χ4v) is 2.73. The third kappa shape index (κ3) is 3.44. The summed E-state index contributed by atoms with van der Waals surface area (Å²) in [6.45, 7) is 0.819. The maximum absolute atomic E-state index is 12.0. The molecule has 1 N–H and O–H groups in total. The van der Waals surface area contributed by atoms with Gasteiger partial charge in [-0.25, -0.2) is 0 Å². The van der Waals surface area contributed by atoms with Crippen molar-refractivity contribution < 1.29 is 4.79 Å². The van der Waals surface area contributed by atoms with Crippen LogP contribution in [0.1, 0.15) is 24.0 Å². The molecule has 0 bridgehead atoms. The van der Waals surface area contributed by atoms with Crippen molar-refractivity contribution >= 4 is 28.5 Å². The Balaban J connectivity index is 1.91. The topological polar surface area (TPSA) is 29.1 Å². The van der Waals surface area contributed by atoms with E-state index >= 15 is 0 Å². The SMILES string of the molecule is O=C(NCCCI)C1CCc2ccccc2C1. The Morgan fingerprint density at radius 2 is 2.12 bits per heavy atom. The molecule has 0 saturated carbocycles. The van der Waals surface area contributed by atoms with Gasteiger partial charge in [0.1, 0.15) is 0 Å². The van der Waals surface area contributed by atoms with E-state index in [1.165, 1.54) is 11.1 Å². The fraction of sp³-hybridized carbons (Fsp3) is 0.500. The number of hydrogen-bond acceptors (Lipinski definition) is 1. The number of benzene rings is 1. The number of nitrogens with one attached hydrogen (secondary N) is 1. The monoisotopic (exact) mass is 343 g/mol. The lowest BCUT2D eigenvalue weighted by Gasteiger charge is -2.23. The highest BCUT2D eigenvalue weighted by molar-refractivity contribution is 14.1. The molecule has 1 aromatic carbocycles. The maximum atomic E-state index is 12.0. The molecule has 1 aliphatic carbocycles. The fourth-order valence-electron chi connectivity index (χ4n) is 2.34. The summed E-state index contributed by atoms with van der Waals surface area (Å²) in [6.07, 6.45) is 4.01. The van der Waals surface area contributed by atoms with Gasteiger partial charge in [-0.1, -0.05) is 46.9 Å². The molecule has 0 spiro atoms. The second-order valence-electron chi connectivity index (χ2n) is 4.54. The van der Waals surface area contributed by atoms with E-state index in [0.717, 1.165) is 36.7 Å². The minimum Gasteiger partial charge on any atom is -0.356 e. The first-order valence-electron chi connectivity index (χ1n) is 6.21. The standard InChI is InChI=1S/C14H18INO/c15-8-3-9-16-14(17)13-7-6-11-4-1-2-5-12(11)10-13/h1-2,4-5,13H,3,6-10H2,(H,16,17). The van der Waals surface area contributed by atoms with Gasteiger partial charge in [-0.3, -0.25) is 4.79 Å². The molecule has 1 unspecified atom stereocenters. The lowest BCUT2D eigenvalue weighted by molar-refractivity contribution is -0.125. The van der Waals surface area contributed by atoms with E-state index in [4.69, 9.17) is 0 Å². The highest BCUT2D eigenvalue weighted by Crippen LogP contribution is 2.25. The number of fused-ring (bicyclic) bond motifs is 1. The summed E-state index contributed by atoms with van der Waals surface area (Å²) >= 11 is 2.34. The van der Waals surface area contributed by atoms with Crippen LogP contribution in [0.2, 0.25) is 0 Å². The average Bonchev–Trinajstić information content (AvgIpc) is 2.38. The number of aryl methyl sites for hydroxylation is 1. The van der Waals surface area contributed by atoms with Crippen LogP contribution in [-0.4, -0.2) is 16.9 Å². The van der Waals surface area contributed by atoms with Crippen LogP contribution in [0.3, 0.4) is 0 Å². The van der Waals surface area contributed by atoms with Crippen LogP contribution in [0.4, 0.5) is 0 Å². The zero-order chi connectivity index (χ0) is 12.1. The van der Waals surface area contributed by atoms with Crippen molar-refractivity contribution in [3.63, 3.8) is 0 Å². The highest BCUT2D eigenvalue weighted by Gasteiger charge is 2.23. The molecule has 92 valence electrons. The third-order valence-electron chi connectivity index (χ3n) is 3.33. The predicted molar refractivity (Wildman–Crippen MR) is 78.5 cm³/mol. The number of carbonyl (C=O) groups is 1. The molecular formula is C14H18INO. The van der Waals surface area contributed by atoms with Crippen molar-refractivity contribution in [2.75, 3.05) is 11.0 Å². The van der Waals surface area contributed by atoms with Crippen molar-refractivity contribution in [2.24, 2.45) is 5.92 Å². The molecular weight excluding hydrogens is 325 g/mol. The van der Waals surface area contributed by atoms with Crippen LogP contribution in [0.15, 0.2) is 24.3 Å². The van der Waals surface area contributed by atoms with Gasteiger partial charge in [0.2, 0.25) is 5.91 Å². The highest BCUT2D eigenvalue weighted by atomic mass is 127. The first-order chi connectivity index (χ1) is 8.31. The Morgan fingerprint density at radius 3 is 2.88 bits per heavy atom. The van der Waals surface area contributed by atoms with Crippen molar-refractivity contribution in [1.82, 2.24) is 5.32 Å². The second-order valence-corrected chi connectivity index (χ2v) is 5.62. The van der Waals surface area contributed by atoms with Gasteiger partial charge < -0.3 is 5.32 Å². The Bertz CT molecular complexity index is 392. The second kappa shape index (κ2) is 6.38. The van der Waals surface area contributed by atoms with E-state index in [1.807, 2.05) is 0 Å². The molecule has 2 rings (SSSR count). The molecule has 1 aromatic rings. The minimum absolute atomic E-state index is 0.180. The Hall–Kier alpha value is -0.580. The van der Waals surface area contributed by atoms with Gasteiger partial charge in [0.25, 0.3) is 0 Å². The number of rotatable bonds is 4. The van der Waals surface area contributed by atoms with Gasteiger partial charge in [-0.05, 0) is 36.8 Å². The van der Waals surface area contributed by atoms with Crippen molar-refractivity contribution in [2.45, 2.75) is 25.7 Å². The summed E-state index contributed by atoms with van der Waals surface area (Å²) in [6, 6.07) is 8.48. The van der Waals surface area contributed by atoms with Crippen LogP contribution in [0.5, 0.6) is 0 Å². The van der Waals surface area contributed by atoms with E-state index in [0.29, 0.717) is 0 Å². The van der Waals surface area contributed by atoms with Gasteiger partial charge in [0.05, 0.1) is 0 Å². The molecule has 0 fully saturated rings. The van der Waals surface area contributed by atoms with Gasteiger partial charge in [-0.15, -0.1) is 0 Å². The number of hydrogen-bond donors (Lipinski definition) is 1. The van der Waals surface area contributed by atoms with E-state index in [2.05, 4.69) is 52.2 Å². The van der Waals surface area contributed by atoms with Crippen molar-refractivity contribution in [3.05, 3.63) is 35.4 Å². The Labute approximate surface area is 116 Å². The molecule has 0 radical (unpaired) electrons. The first-order valence-corrected chi connectivity index (χ1v) is 7.74. The van der Waals surface area contributed by atoms with Crippen LogP contribution < -0.4 is 5.32 Å². The number of carbonyl (C=O) groups excluding carboxylic acids is 1. The molecule has 0 aliphatic heterocycles. The van der Waals surface area contributed by atoms with Gasteiger partial charge >= 0.3 is 0 Å². The molecule has 0 heterocycles. The molecule has 1 atom stereocenters. The van der Waals surface area contributed by atoms with Crippen molar-refractivity contribution in [3.8, 4) is 0 Å². The summed E-state index contributed by atoms with van der Waals surface area (Å²) in [5, 5.41) is 3.04. The molecule has 3 heteroatoms. The smallest absolute Gasteiger partial charge is 0.223 e. The Morgan fingerprint density at radius 1 is 1.35 bits per heavy atom. The normalized spacial score (nSPS) is 18.5. The van der Waals surface area contributed by atoms with E-state index in [9.17, 15) is 4.79 Å².